The van der Waals surface area contributed by atoms with Gasteiger partial charge in [0, 0.05) is 50.1 Å². The summed E-state index contributed by atoms with van der Waals surface area (Å²) in [5, 5.41) is 21.4. The van der Waals surface area contributed by atoms with Gasteiger partial charge in [0.2, 0.25) is 0 Å². The first-order chi connectivity index (χ1) is 18.6. The second-order valence-electron chi connectivity index (χ2n) is 12.1. The molecule has 0 aliphatic carbocycles. The Morgan fingerprint density at radius 3 is 2.35 bits per heavy atom. The number of nitrogens with zero attached hydrogens (tertiary/aromatic N) is 3. The minimum Gasteiger partial charge on any atom is -0.489 e. The highest BCUT2D eigenvalue weighted by Gasteiger charge is 2.40. The molecule has 0 saturated heterocycles. The predicted molar refractivity (Wildman–Crippen MR) is 155 cm³/mol. The number of nitrogens with one attached hydrogen (secondary N) is 2. The molecule has 0 radical (unpaired) electrons. The zero-order valence-corrected chi connectivity index (χ0v) is 24.6. The van der Waals surface area contributed by atoms with Gasteiger partial charge >= 0.3 is 5.97 Å². The Morgan fingerprint density at radius 2 is 1.77 bits per heavy atom. The Hall–Kier alpha value is -4.08. The second-order valence-corrected chi connectivity index (χ2v) is 12.1. The van der Waals surface area contributed by atoms with Crippen LogP contribution >= 0.6 is 0 Å². The third-order valence-electron chi connectivity index (χ3n) is 7.69. The Bertz CT molecular complexity index is 1410. The minimum atomic E-state index is -1.21. The van der Waals surface area contributed by atoms with E-state index in [2.05, 4.69) is 5.32 Å². The van der Waals surface area contributed by atoms with Crippen molar-refractivity contribution in [2.45, 2.75) is 52.1 Å². The summed E-state index contributed by atoms with van der Waals surface area (Å²) in [5.74, 6) is -0.614. The number of amidine groups is 1. The summed E-state index contributed by atoms with van der Waals surface area (Å²) >= 11 is 0. The van der Waals surface area contributed by atoms with Crippen molar-refractivity contribution in [1.82, 2.24) is 10.2 Å². The Morgan fingerprint density at radius 1 is 1.10 bits per heavy atom. The topological polar surface area (TPSA) is 126 Å². The summed E-state index contributed by atoms with van der Waals surface area (Å²) in [5.41, 5.74) is 2.97. The Kier molecular flexibility index (Phi) is 7.34. The number of hydrogen-bond acceptors (Lipinski definition) is 7. The first kappa shape index (κ1) is 28.9. The molecular weight excluding hydrogens is 510 g/mol. The molecule has 2 heterocycles. The molecule has 1 amide bonds. The molecule has 2 aliphatic rings. The van der Waals surface area contributed by atoms with E-state index in [0.717, 1.165) is 16.8 Å². The lowest BCUT2D eigenvalue weighted by molar-refractivity contribution is -0.142. The first-order valence-corrected chi connectivity index (χ1v) is 13.3. The normalized spacial score (nSPS) is 14.8. The standard InChI is InChI=1S/C30H39N5O5/c1-29(2,3)21-11-17(12-23-25(21)40-10-9-35(23)30(4,5)28(38)39)24(36)16-34-15-18-13-22(33(7)8)20(27(37)32-6)14-19(18)26(34)31/h11-14,31H,9-10,15-16H2,1-8H3,(H,32,37)(H,38,39). The van der Waals surface area contributed by atoms with Gasteiger partial charge in [0.15, 0.2) is 5.78 Å². The van der Waals surface area contributed by atoms with Crippen LogP contribution in [0.2, 0.25) is 0 Å². The average molecular weight is 550 g/mol. The van der Waals surface area contributed by atoms with Crippen LogP contribution in [0.1, 0.15) is 72.0 Å². The van der Waals surface area contributed by atoms with Crippen LogP contribution in [-0.4, -0.2) is 79.9 Å². The summed E-state index contributed by atoms with van der Waals surface area (Å²) in [4.78, 5) is 43.8. The van der Waals surface area contributed by atoms with Gasteiger partial charge < -0.3 is 29.9 Å². The fraction of sp³-hybridized carbons (Fsp3) is 0.467. The summed E-state index contributed by atoms with van der Waals surface area (Å²) < 4.78 is 6.06. The average Bonchev–Trinajstić information content (AvgIpc) is 3.19. The molecule has 10 heteroatoms. The fourth-order valence-electron chi connectivity index (χ4n) is 5.26. The van der Waals surface area contributed by atoms with Crippen molar-refractivity contribution in [3.8, 4) is 5.75 Å². The quantitative estimate of drug-likeness (QED) is 0.448. The maximum Gasteiger partial charge on any atom is 0.328 e. The molecule has 0 unspecified atom stereocenters. The minimum absolute atomic E-state index is 0.0360. The molecule has 0 saturated carbocycles. The molecule has 4 rings (SSSR count). The van der Waals surface area contributed by atoms with Crippen LogP contribution < -0.4 is 19.9 Å². The van der Waals surface area contributed by atoms with Gasteiger partial charge in [0.25, 0.3) is 5.91 Å². The molecule has 0 spiro atoms. The number of carboxylic acid groups (broad SMARTS) is 1. The summed E-state index contributed by atoms with van der Waals surface area (Å²) in [6.45, 7) is 10.4. The van der Waals surface area contributed by atoms with Gasteiger partial charge in [-0.15, -0.1) is 0 Å². The van der Waals surface area contributed by atoms with E-state index in [4.69, 9.17) is 10.1 Å². The van der Waals surface area contributed by atoms with Gasteiger partial charge in [0.05, 0.1) is 24.3 Å². The zero-order valence-electron chi connectivity index (χ0n) is 24.6. The van der Waals surface area contributed by atoms with Crippen molar-refractivity contribution in [2.24, 2.45) is 0 Å². The fourth-order valence-corrected chi connectivity index (χ4v) is 5.26. The molecule has 0 bridgehead atoms. The highest BCUT2D eigenvalue weighted by Crippen LogP contribution is 2.44. The number of Topliss-reactive ketones (excluding diaryl/α,β-unsaturated/α-hetero) is 1. The van der Waals surface area contributed by atoms with E-state index in [0.29, 0.717) is 47.8 Å². The number of ether oxygens (including phenoxy) is 1. The summed E-state index contributed by atoms with van der Waals surface area (Å²) in [7, 11) is 5.29. The smallest absolute Gasteiger partial charge is 0.328 e. The largest absolute Gasteiger partial charge is 0.489 e. The number of anilines is 2. The van der Waals surface area contributed by atoms with E-state index in [-0.39, 0.29) is 29.5 Å². The van der Waals surface area contributed by atoms with Crippen LogP contribution in [0.15, 0.2) is 24.3 Å². The van der Waals surface area contributed by atoms with Crippen LogP contribution in [0.4, 0.5) is 11.4 Å². The number of ketones is 1. The third kappa shape index (κ3) is 4.98. The summed E-state index contributed by atoms with van der Waals surface area (Å²) in [6.07, 6.45) is 0. The number of carboxylic acids is 1. The highest BCUT2D eigenvalue weighted by atomic mass is 16.5. The van der Waals surface area contributed by atoms with E-state index in [9.17, 15) is 19.5 Å². The number of carbonyl (C=O) groups is 3. The zero-order chi connectivity index (χ0) is 29.7. The number of rotatable bonds is 7. The van der Waals surface area contributed by atoms with Crippen LogP contribution in [0.5, 0.6) is 5.75 Å². The Labute approximate surface area is 235 Å². The van der Waals surface area contributed by atoms with Crippen LogP contribution in [0, 0.1) is 5.41 Å². The van der Waals surface area contributed by atoms with E-state index in [1.807, 2.05) is 51.9 Å². The van der Waals surface area contributed by atoms with Gasteiger partial charge in [-0.3, -0.25) is 15.0 Å². The lowest BCUT2D eigenvalue weighted by atomic mass is 9.83. The lowest BCUT2D eigenvalue weighted by Gasteiger charge is -2.42. The molecule has 10 nitrogen and oxygen atoms in total. The molecule has 0 aromatic heterocycles. The van der Waals surface area contributed by atoms with Gasteiger partial charge in [0.1, 0.15) is 23.7 Å². The van der Waals surface area contributed by atoms with E-state index in [1.54, 1.807) is 42.8 Å². The first-order valence-electron chi connectivity index (χ1n) is 13.3. The number of amides is 1. The van der Waals surface area contributed by atoms with Crippen molar-refractivity contribution in [3.63, 3.8) is 0 Å². The second kappa shape index (κ2) is 10.1. The van der Waals surface area contributed by atoms with Crippen LogP contribution in [0.25, 0.3) is 0 Å². The molecule has 0 fully saturated rings. The lowest BCUT2D eigenvalue weighted by Crippen LogP contribution is -2.53. The molecular formula is C30H39N5O5. The maximum atomic E-state index is 13.8. The van der Waals surface area contributed by atoms with Crippen molar-refractivity contribution in [3.05, 3.63) is 52.1 Å². The Balaban J connectivity index is 1.71. The monoisotopic (exact) mass is 549 g/mol. The van der Waals surface area contributed by atoms with Crippen molar-refractivity contribution in [1.29, 1.82) is 5.41 Å². The predicted octanol–water partition coefficient (Wildman–Crippen LogP) is 3.50. The van der Waals surface area contributed by atoms with Crippen LogP contribution in [0.3, 0.4) is 0 Å². The number of fused-ring (bicyclic) bond motifs is 2. The number of aliphatic carboxylic acids is 1. The van der Waals surface area contributed by atoms with Gasteiger partial charge in [-0.05, 0) is 49.1 Å². The molecule has 214 valence electrons. The molecule has 3 N–H and O–H groups in total. The molecule has 2 aromatic carbocycles. The maximum absolute atomic E-state index is 13.8. The van der Waals surface area contributed by atoms with Crippen molar-refractivity contribution in [2.75, 3.05) is 50.6 Å². The number of hydrogen-bond donors (Lipinski definition) is 3. The van der Waals surface area contributed by atoms with E-state index >= 15 is 0 Å². The van der Waals surface area contributed by atoms with Gasteiger partial charge in [-0.25, -0.2) is 4.79 Å². The molecule has 40 heavy (non-hydrogen) atoms. The molecule has 0 atom stereocenters. The third-order valence-corrected chi connectivity index (χ3v) is 7.69. The number of carbonyl (C=O) groups excluding carboxylic acids is 2. The SMILES string of the molecule is CNC(=O)c1cc2c(cc1N(C)C)CN(CC(=O)c1cc3c(c(C(C)(C)C)c1)OCCN3C(C)(C)C(=O)O)C2=N. The van der Waals surface area contributed by atoms with Crippen LogP contribution in [-0.2, 0) is 16.8 Å². The van der Waals surface area contributed by atoms with E-state index < -0.39 is 11.5 Å². The molecule has 2 aliphatic heterocycles. The van der Waals surface area contributed by atoms with Gasteiger partial charge in [-0.2, -0.15) is 0 Å². The van der Waals surface area contributed by atoms with Crippen molar-refractivity contribution < 1.29 is 24.2 Å². The number of benzene rings is 2. The highest BCUT2D eigenvalue weighted by molar-refractivity contribution is 6.09. The van der Waals surface area contributed by atoms with E-state index in [1.165, 1.54) is 0 Å². The van der Waals surface area contributed by atoms with Crippen molar-refractivity contribution >= 4 is 34.9 Å². The van der Waals surface area contributed by atoms with Gasteiger partial charge in [-0.1, -0.05) is 20.8 Å². The molecule has 2 aromatic rings. The summed E-state index contributed by atoms with van der Waals surface area (Å²) in [6, 6.07) is 7.17.